The average molecular weight is 963 g/mol. The predicted octanol–water partition coefficient (Wildman–Crippen LogP) is 12.5. The highest BCUT2D eigenvalue weighted by atomic mass is 16.6. The zero-order valence-electron chi connectivity index (χ0n) is 41.1. The molecule has 0 saturated carbocycles. The number of phenols is 4. The van der Waals surface area contributed by atoms with Gasteiger partial charge in [0.1, 0.15) is 23.4 Å². The minimum absolute atomic E-state index is 0.0199. The second-order valence-corrected chi connectivity index (χ2v) is 17.9. The van der Waals surface area contributed by atoms with Gasteiger partial charge in [0, 0.05) is 55.4 Å². The summed E-state index contributed by atoms with van der Waals surface area (Å²) in [6.07, 6.45) is 14.5. The highest BCUT2D eigenvalue weighted by molar-refractivity contribution is 5.92. The van der Waals surface area contributed by atoms with Crippen LogP contribution >= 0.6 is 0 Å². The van der Waals surface area contributed by atoms with Crippen LogP contribution in [0.1, 0.15) is 209 Å². The molecule has 0 amide bonds. The molecule has 0 fully saturated rings. The number of rotatable bonds is 31. The Morgan fingerprint density at radius 2 is 0.855 bits per heavy atom. The van der Waals surface area contributed by atoms with E-state index in [0.29, 0.717) is 25.7 Å². The lowest BCUT2D eigenvalue weighted by atomic mass is 9.93. The Hall–Kier alpha value is -5.99. The molecule has 1 aliphatic rings. The lowest BCUT2D eigenvalue weighted by Crippen LogP contribution is -2.35. The van der Waals surface area contributed by atoms with Gasteiger partial charge in [-0.3, -0.25) is 19.2 Å². The van der Waals surface area contributed by atoms with Crippen molar-refractivity contribution in [3.05, 3.63) is 53.1 Å². The monoisotopic (exact) mass is 963 g/mol. The summed E-state index contributed by atoms with van der Waals surface area (Å²) in [7, 11) is 0. The molecular weight excluding hydrogens is 889 g/mol. The molecule has 69 heavy (non-hydrogen) atoms. The fraction of sp³-hybridized carbons (Fsp3) is 0.574. The van der Waals surface area contributed by atoms with Crippen molar-refractivity contribution < 1.29 is 72.8 Å². The molecule has 15 heteroatoms. The standard InChI is InChI=1S/C54H74O15/c1-5-9-13-17-21-25-47(57)64-42-29-36(30-43(51(42)61)65-48(58)26-22-18-14-10-6-2)53-46(35-39-40(56)33-38(55)34-41(39)68-53)69-54(63)37-31-44(66-49(59)27-23-19-15-11-7-3)52(62)45(32-37)67-50(60)28-24-20-16-12-8-4/h29-34,46,53,55-56,61-62H,5-28,35H2,1-4H3/t46-,53-/m1/s1. The molecule has 1 aliphatic heterocycles. The first-order chi connectivity index (χ1) is 33.3. The molecule has 2 atom stereocenters. The van der Waals surface area contributed by atoms with Crippen LogP contribution in [0.15, 0.2) is 36.4 Å². The van der Waals surface area contributed by atoms with Crippen molar-refractivity contribution in [2.24, 2.45) is 0 Å². The van der Waals surface area contributed by atoms with E-state index >= 15 is 0 Å². The summed E-state index contributed by atoms with van der Waals surface area (Å²) in [5, 5.41) is 44.0. The van der Waals surface area contributed by atoms with Crippen LogP contribution in [0.2, 0.25) is 0 Å². The molecule has 0 radical (unpaired) electrons. The van der Waals surface area contributed by atoms with Crippen molar-refractivity contribution in [3.63, 3.8) is 0 Å². The van der Waals surface area contributed by atoms with Crippen molar-refractivity contribution in [1.29, 1.82) is 0 Å². The first-order valence-corrected chi connectivity index (χ1v) is 25.3. The largest absolute Gasteiger partial charge is 0.508 e. The average Bonchev–Trinajstić information content (AvgIpc) is 3.31. The van der Waals surface area contributed by atoms with E-state index in [-0.39, 0.29) is 77.5 Å². The number of carbonyl (C=O) groups is 5. The Morgan fingerprint density at radius 3 is 1.23 bits per heavy atom. The van der Waals surface area contributed by atoms with Crippen LogP contribution in [-0.4, -0.2) is 56.4 Å². The summed E-state index contributed by atoms with van der Waals surface area (Å²) in [5.74, 6) is -7.21. The zero-order valence-corrected chi connectivity index (χ0v) is 41.1. The molecule has 3 aromatic rings. The summed E-state index contributed by atoms with van der Waals surface area (Å²) in [6, 6.07) is 7.14. The summed E-state index contributed by atoms with van der Waals surface area (Å²) >= 11 is 0. The van der Waals surface area contributed by atoms with E-state index in [1.54, 1.807) is 0 Å². The van der Waals surface area contributed by atoms with Crippen molar-refractivity contribution in [3.8, 4) is 51.7 Å². The second kappa shape index (κ2) is 29.8. The van der Waals surface area contributed by atoms with E-state index in [4.69, 9.17) is 28.4 Å². The molecule has 0 bridgehead atoms. The molecule has 380 valence electrons. The minimum atomic E-state index is -1.33. The molecule has 3 aromatic carbocycles. The highest BCUT2D eigenvalue weighted by Crippen LogP contribution is 2.47. The number of hydrogen-bond acceptors (Lipinski definition) is 15. The molecule has 0 aromatic heterocycles. The van der Waals surface area contributed by atoms with Gasteiger partial charge in [0.05, 0.1) is 5.56 Å². The maximum atomic E-state index is 14.4. The van der Waals surface area contributed by atoms with E-state index < -0.39 is 65.1 Å². The van der Waals surface area contributed by atoms with Gasteiger partial charge in [0.25, 0.3) is 0 Å². The van der Waals surface area contributed by atoms with Gasteiger partial charge in [0.15, 0.2) is 29.1 Å². The lowest BCUT2D eigenvalue weighted by molar-refractivity contribution is -0.136. The van der Waals surface area contributed by atoms with E-state index in [1.807, 2.05) is 0 Å². The summed E-state index contributed by atoms with van der Waals surface area (Å²) in [5.41, 5.74) is -0.00197. The van der Waals surface area contributed by atoms with E-state index in [1.165, 1.54) is 18.2 Å². The predicted molar refractivity (Wildman–Crippen MR) is 258 cm³/mol. The Morgan fingerprint density at radius 1 is 0.493 bits per heavy atom. The first kappa shape index (κ1) is 55.6. The summed E-state index contributed by atoms with van der Waals surface area (Å²) in [6.45, 7) is 8.32. The molecule has 4 rings (SSSR count). The third-order valence-electron chi connectivity index (χ3n) is 11.9. The number of unbranched alkanes of at least 4 members (excludes halogenated alkanes) is 16. The molecule has 0 aliphatic carbocycles. The minimum Gasteiger partial charge on any atom is -0.508 e. The molecular formula is C54H74O15. The number of aromatic hydroxyl groups is 4. The third-order valence-corrected chi connectivity index (χ3v) is 11.9. The Kier molecular flexibility index (Phi) is 24.0. The topological polar surface area (TPSA) is 222 Å². The number of phenolic OH excluding ortho intramolecular Hbond substituents is 4. The SMILES string of the molecule is CCCCCCCC(=O)Oc1cc(C(=O)O[C@@H]2Cc3c(O)cc(O)cc3O[C@@H]2c2cc(OC(=O)CCCCCCC)c(O)c(OC(=O)CCCCCCC)c2)cc(OC(=O)CCCCCCC)c1O. The van der Waals surface area contributed by atoms with Gasteiger partial charge in [-0.15, -0.1) is 0 Å². The Labute approximate surface area is 406 Å². The molecule has 15 nitrogen and oxygen atoms in total. The fourth-order valence-corrected chi connectivity index (χ4v) is 8.00. The molecule has 0 saturated heterocycles. The van der Waals surface area contributed by atoms with Crippen LogP contribution in [0.25, 0.3) is 0 Å². The van der Waals surface area contributed by atoms with Crippen molar-refractivity contribution >= 4 is 29.8 Å². The maximum Gasteiger partial charge on any atom is 0.338 e. The molecule has 1 heterocycles. The van der Waals surface area contributed by atoms with Gasteiger partial charge in [-0.1, -0.05) is 130 Å². The normalized spacial score (nSPS) is 14.0. The summed E-state index contributed by atoms with van der Waals surface area (Å²) < 4.78 is 34.9. The number of hydrogen-bond donors (Lipinski definition) is 4. The van der Waals surface area contributed by atoms with Crippen LogP contribution in [0.3, 0.4) is 0 Å². The van der Waals surface area contributed by atoms with Crippen LogP contribution in [0, 0.1) is 0 Å². The number of ether oxygens (including phenoxy) is 6. The van der Waals surface area contributed by atoms with Gasteiger partial charge in [-0.05, 0) is 49.9 Å². The Bertz CT molecular complexity index is 2050. The zero-order chi connectivity index (χ0) is 50.1. The summed E-state index contributed by atoms with van der Waals surface area (Å²) in [4.78, 5) is 66.7. The number of carbonyl (C=O) groups excluding carboxylic acids is 5. The molecule has 0 spiro atoms. The van der Waals surface area contributed by atoms with Crippen LogP contribution < -0.4 is 23.7 Å². The van der Waals surface area contributed by atoms with E-state index in [9.17, 15) is 44.4 Å². The third kappa shape index (κ3) is 18.5. The second-order valence-electron chi connectivity index (χ2n) is 17.9. The van der Waals surface area contributed by atoms with Gasteiger partial charge in [-0.25, -0.2) is 4.79 Å². The Balaban J connectivity index is 1.73. The van der Waals surface area contributed by atoms with E-state index in [0.717, 1.165) is 121 Å². The van der Waals surface area contributed by atoms with Gasteiger partial charge in [-0.2, -0.15) is 0 Å². The first-order valence-electron chi connectivity index (χ1n) is 25.3. The number of benzene rings is 3. The highest BCUT2D eigenvalue weighted by Gasteiger charge is 2.38. The fourth-order valence-electron chi connectivity index (χ4n) is 8.00. The maximum absolute atomic E-state index is 14.4. The van der Waals surface area contributed by atoms with Crippen LogP contribution in [0.4, 0.5) is 0 Å². The van der Waals surface area contributed by atoms with Gasteiger partial charge >= 0.3 is 29.8 Å². The van der Waals surface area contributed by atoms with Crippen LogP contribution in [-0.2, 0) is 30.3 Å². The van der Waals surface area contributed by atoms with E-state index in [2.05, 4.69) is 27.7 Å². The van der Waals surface area contributed by atoms with Crippen molar-refractivity contribution in [2.75, 3.05) is 0 Å². The smallest absolute Gasteiger partial charge is 0.338 e. The number of esters is 5. The molecule has 0 unspecified atom stereocenters. The van der Waals surface area contributed by atoms with Crippen molar-refractivity contribution in [2.45, 2.75) is 200 Å². The molecule has 4 N–H and O–H groups in total. The van der Waals surface area contributed by atoms with Crippen molar-refractivity contribution in [1.82, 2.24) is 0 Å². The lowest BCUT2D eigenvalue weighted by Gasteiger charge is -2.34. The van der Waals surface area contributed by atoms with Gasteiger partial charge < -0.3 is 48.8 Å². The number of fused-ring (bicyclic) bond motifs is 1. The quantitative estimate of drug-likeness (QED) is 0.0267. The van der Waals surface area contributed by atoms with Crippen LogP contribution in [0.5, 0.6) is 51.7 Å². The van der Waals surface area contributed by atoms with Gasteiger partial charge in [0.2, 0.25) is 11.5 Å².